The van der Waals surface area contributed by atoms with Crippen LogP contribution in [-0.2, 0) is 0 Å². The number of carbonyl (C=O) groups is 2. The maximum atomic E-state index is 14.7. The van der Waals surface area contributed by atoms with Crippen molar-refractivity contribution in [1.82, 2.24) is 0 Å². The number of fused-ring (bicyclic) bond motifs is 2. The normalized spacial score (nSPS) is 12.5. The average molecular weight is 911 g/mol. The van der Waals surface area contributed by atoms with Gasteiger partial charge in [-0.25, -0.2) is 0 Å². The Labute approximate surface area is 389 Å². The van der Waals surface area contributed by atoms with E-state index in [0.29, 0.717) is 17.4 Å². The van der Waals surface area contributed by atoms with Crippen molar-refractivity contribution in [1.29, 1.82) is 0 Å². The standard InChI is InChI=1S/C45H48O7P2.C11H16/c1-26(2)32-20-17-29(7)23-39(32)49-53(10)48-37-15-11-13-35-42(37)45(47)43-36(44(35)46)14-12-16-38(43)50-54(51-40-24-30(8)18-21-33(40)27(3)4)52-41-25-31(9)19-22-34(41)28(5)6;1-8(2)11-6-5-9(3)7-10(11)4/h11-28H,1-10H3;5-8H,1-4H3. The van der Waals surface area contributed by atoms with Crippen LogP contribution in [0, 0.1) is 34.6 Å². The first-order valence-corrected chi connectivity index (χ1v) is 25.2. The smallest absolute Gasteiger partial charge is 0.438 e. The van der Waals surface area contributed by atoms with Crippen molar-refractivity contribution in [3.05, 3.63) is 182 Å². The molecule has 0 bridgehead atoms. The molecule has 9 heteroatoms. The van der Waals surface area contributed by atoms with E-state index in [1.807, 2.05) is 45.6 Å². The first-order chi connectivity index (χ1) is 30.8. The van der Waals surface area contributed by atoms with Crippen LogP contribution in [0.3, 0.4) is 0 Å². The van der Waals surface area contributed by atoms with E-state index in [4.69, 9.17) is 22.6 Å². The molecule has 0 spiro atoms. The molecule has 1 aliphatic rings. The molecule has 6 aromatic carbocycles. The van der Waals surface area contributed by atoms with E-state index in [2.05, 4.69) is 124 Å². The van der Waals surface area contributed by atoms with Gasteiger partial charge in [-0.2, -0.15) is 0 Å². The summed E-state index contributed by atoms with van der Waals surface area (Å²) < 4.78 is 32.7. The van der Waals surface area contributed by atoms with Crippen LogP contribution in [0.1, 0.15) is 161 Å². The van der Waals surface area contributed by atoms with Crippen molar-refractivity contribution in [2.75, 3.05) is 6.66 Å². The summed E-state index contributed by atoms with van der Waals surface area (Å²) in [4.78, 5) is 28.8. The van der Waals surface area contributed by atoms with E-state index in [-0.39, 0.29) is 63.1 Å². The van der Waals surface area contributed by atoms with Crippen molar-refractivity contribution < 1.29 is 32.2 Å². The first-order valence-electron chi connectivity index (χ1n) is 22.5. The van der Waals surface area contributed by atoms with Gasteiger partial charge in [0.15, 0.2) is 5.78 Å². The fourth-order valence-corrected chi connectivity index (χ4v) is 9.95. The molecule has 0 fully saturated rings. The third-order valence-corrected chi connectivity index (χ3v) is 13.3. The van der Waals surface area contributed by atoms with Crippen LogP contribution in [0.5, 0.6) is 28.7 Å². The summed E-state index contributed by atoms with van der Waals surface area (Å²) in [5, 5.41) is 0. The Kier molecular flexibility index (Phi) is 16.0. The highest BCUT2D eigenvalue weighted by molar-refractivity contribution is 7.47. The highest BCUT2D eigenvalue weighted by Crippen LogP contribution is 2.50. The lowest BCUT2D eigenvalue weighted by molar-refractivity contribution is 0.0976. The number of hydrogen-bond donors (Lipinski definition) is 0. The fourth-order valence-electron chi connectivity index (χ4n) is 7.99. The lowest BCUT2D eigenvalue weighted by Gasteiger charge is -2.26. The summed E-state index contributed by atoms with van der Waals surface area (Å²) in [7, 11) is -3.72. The molecule has 7 rings (SSSR count). The molecule has 7 nitrogen and oxygen atoms in total. The molecular weight excluding hydrogens is 847 g/mol. The predicted molar refractivity (Wildman–Crippen MR) is 268 cm³/mol. The number of rotatable bonds is 14. The van der Waals surface area contributed by atoms with Crippen molar-refractivity contribution in [3.63, 3.8) is 0 Å². The summed E-state index contributed by atoms with van der Waals surface area (Å²) in [5.74, 6) is 3.00. The van der Waals surface area contributed by atoms with Crippen molar-refractivity contribution in [3.8, 4) is 28.7 Å². The van der Waals surface area contributed by atoms with Gasteiger partial charge < -0.3 is 22.6 Å². The summed E-state index contributed by atoms with van der Waals surface area (Å²) in [6, 6.07) is 35.1. The van der Waals surface area contributed by atoms with Gasteiger partial charge in [0.1, 0.15) is 28.7 Å². The molecule has 65 heavy (non-hydrogen) atoms. The second-order valence-corrected chi connectivity index (χ2v) is 20.5. The molecule has 0 radical (unpaired) electrons. The van der Waals surface area contributed by atoms with Gasteiger partial charge in [0, 0.05) is 17.8 Å². The topological polar surface area (TPSA) is 80.3 Å². The van der Waals surface area contributed by atoms with Gasteiger partial charge in [-0.05, 0) is 133 Å². The van der Waals surface area contributed by atoms with Gasteiger partial charge in [-0.3, -0.25) is 9.59 Å². The molecule has 1 aliphatic carbocycles. The summed E-state index contributed by atoms with van der Waals surface area (Å²) in [6.45, 7) is 29.3. The zero-order valence-corrected chi connectivity index (χ0v) is 42.2. The van der Waals surface area contributed by atoms with E-state index < -0.39 is 17.0 Å². The molecule has 0 saturated carbocycles. The lowest BCUT2D eigenvalue weighted by atomic mass is 9.83. The minimum atomic E-state index is -2.19. The number of ketones is 2. The molecule has 0 heterocycles. The third-order valence-electron chi connectivity index (χ3n) is 11.4. The SMILES string of the molecule is Cc1ccc(C(C)C)c(C)c1.Cc1ccc(C(C)C)c(OP(C)Oc2cccc3c2C(=O)c2c(OP(Oc4cc(C)ccc4C(C)C)Oc4cc(C)ccc4C(C)C)cccc2C3=O)c1. The number of hydrogen-bond acceptors (Lipinski definition) is 7. The van der Waals surface area contributed by atoms with Crippen LogP contribution in [0.4, 0.5) is 0 Å². The summed E-state index contributed by atoms with van der Waals surface area (Å²) in [5.41, 5.74) is 11.2. The maximum Gasteiger partial charge on any atom is 0.530 e. The van der Waals surface area contributed by atoms with Gasteiger partial charge in [-0.1, -0.05) is 140 Å². The van der Waals surface area contributed by atoms with Crippen molar-refractivity contribution in [2.45, 2.75) is 114 Å². The Balaban J connectivity index is 0.000000557. The zero-order chi connectivity index (χ0) is 47.3. The molecule has 6 aromatic rings. The van der Waals surface area contributed by atoms with Gasteiger partial charge >= 0.3 is 8.60 Å². The monoisotopic (exact) mass is 910 g/mol. The highest BCUT2D eigenvalue weighted by atomic mass is 31.2. The van der Waals surface area contributed by atoms with Gasteiger partial charge in [0.25, 0.3) is 8.38 Å². The summed E-state index contributed by atoms with van der Waals surface area (Å²) >= 11 is 0. The number of carbonyl (C=O) groups excluding carboxylic acids is 2. The molecule has 0 aromatic heterocycles. The maximum absolute atomic E-state index is 14.7. The Morgan fingerprint density at radius 3 is 1.12 bits per heavy atom. The molecule has 1 atom stereocenters. The van der Waals surface area contributed by atoms with E-state index in [9.17, 15) is 9.59 Å². The average Bonchev–Trinajstić information content (AvgIpc) is 3.22. The first kappa shape index (κ1) is 49.0. The van der Waals surface area contributed by atoms with E-state index in [0.717, 1.165) is 39.1 Å². The number of benzene rings is 6. The quantitative estimate of drug-likeness (QED) is 0.101. The van der Waals surface area contributed by atoms with Gasteiger partial charge in [-0.15, -0.1) is 0 Å². The minimum absolute atomic E-state index is 0.134. The molecule has 1 unspecified atom stereocenters. The Bertz CT molecular complexity index is 2620. The van der Waals surface area contributed by atoms with Crippen LogP contribution < -0.4 is 22.6 Å². The Morgan fingerprint density at radius 1 is 0.385 bits per heavy atom. The van der Waals surface area contributed by atoms with Gasteiger partial charge in [0.2, 0.25) is 5.78 Å². The van der Waals surface area contributed by atoms with Crippen LogP contribution in [-0.4, -0.2) is 18.2 Å². The number of aryl methyl sites for hydroxylation is 5. The van der Waals surface area contributed by atoms with Crippen molar-refractivity contribution in [2.24, 2.45) is 0 Å². The van der Waals surface area contributed by atoms with Crippen LogP contribution in [0.25, 0.3) is 0 Å². The molecule has 0 N–H and O–H groups in total. The van der Waals surface area contributed by atoms with Crippen LogP contribution in [0.2, 0.25) is 0 Å². The van der Waals surface area contributed by atoms with Gasteiger partial charge in [0.05, 0.1) is 11.1 Å². The van der Waals surface area contributed by atoms with E-state index in [1.54, 1.807) is 36.4 Å². The largest absolute Gasteiger partial charge is 0.530 e. The fraction of sp³-hybridized carbons (Fsp3) is 0.321. The predicted octanol–water partition coefficient (Wildman–Crippen LogP) is 16.3. The molecule has 0 aliphatic heterocycles. The van der Waals surface area contributed by atoms with E-state index in [1.165, 1.54) is 16.7 Å². The minimum Gasteiger partial charge on any atom is -0.438 e. The van der Waals surface area contributed by atoms with Crippen LogP contribution >= 0.6 is 17.0 Å². The zero-order valence-electron chi connectivity index (χ0n) is 40.5. The lowest BCUT2D eigenvalue weighted by Crippen LogP contribution is -2.22. The summed E-state index contributed by atoms with van der Waals surface area (Å²) in [6.07, 6.45) is 0. The third kappa shape index (κ3) is 11.7. The second-order valence-electron chi connectivity index (χ2n) is 18.2. The second kappa shape index (κ2) is 21.2. The van der Waals surface area contributed by atoms with E-state index >= 15 is 0 Å². The molecule has 0 amide bonds. The Morgan fingerprint density at radius 2 is 0.723 bits per heavy atom. The van der Waals surface area contributed by atoms with Crippen molar-refractivity contribution >= 4 is 28.5 Å². The Hall–Kier alpha value is -5.48. The molecule has 340 valence electrons. The highest BCUT2D eigenvalue weighted by Gasteiger charge is 2.37. The van der Waals surface area contributed by atoms with Crippen LogP contribution in [0.15, 0.2) is 109 Å². The molecular formula is C56H64O7P2. The molecule has 0 saturated heterocycles.